The monoisotopic (exact) mass is 266 g/mol. The van der Waals surface area contributed by atoms with Crippen molar-refractivity contribution < 1.29 is 18.0 Å². The van der Waals surface area contributed by atoms with Gasteiger partial charge in [0.05, 0.1) is 0 Å². The molecule has 0 saturated carbocycles. The van der Waals surface area contributed by atoms with E-state index in [4.69, 9.17) is 0 Å². The van der Waals surface area contributed by atoms with Crippen LogP contribution in [0.2, 0.25) is 0 Å². The first-order valence-electron chi connectivity index (χ1n) is 5.34. The van der Waals surface area contributed by atoms with Gasteiger partial charge in [0.1, 0.15) is 23.1 Å². The van der Waals surface area contributed by atoms with E-state index in [2.05, 4.69) is 5.32 Å². The van der Waals surface area contributed by atoms with E-state index in [1.807, 2.05) is 5.32 Å². The van der Waals surface area contributed by atoms with Gasteiger partial charge < -0.3 is 10.6 Å². The highest BCUT2D eigenvalue weighted by Gasteiger charge is 2.11. The van der Waals surface area contributed by atoms with Gasteiger partial charge in [-0.2, -0.15) is 0 Å². The molecule has 0 fully saturated rings. The molecule has 2 aromatic carbocycles. The lowest BCUT2D eigenvalue weighted by Crippen LogP contribution is -2.21. The minimum Gasteiger partial charge on any atom is -0.308 e. The quantitative estimate of drug-likeness (QED) is 0.854. The number of nitrogens with one attached hydrogen (secondary N) is 2. The topological polar surface area (TPSA) is 41.1 Å². The fourth-order valence-corrected chi connectivity index (χ4v) is 1.46. The molecular weight excluding hydrogens is 257 g/mol. The first-order chi connectivity index (χ1) is 9.06. The van der Waals surface area contributed by atoms with Crippen LogP contribution in [0.1, 0.15) is 0 Å². The lowest BCUT2D eigenvalue weighted by Gasteiger charge is -2.09. The number of halogens is 3. The van der Waals surface area contributed by atoms with Crippen LogP contribution in [0, 0.1) is 17.5 Å². The molecule has 0 aliphatic heterocycles. The summed E-state index contributed by atoms with van der Waals surface area (Å²) in [7, 11) is 0. The van der Waals surface area contributed by atoms with Gasteiger partial charge in [0.15, 0.2) is 0 Å². The van der Waals surface area contributed by atoms with Crippen molar-refractivity contribution in [3.8, 4) is 0 Å². The zero-order chi connectivity index (χ0) is 13.8. The van der Waals surface area contributed by atoms with Gasteiger partial charge in [-0.25, -0.2) is 18.0 Å². The summed E-state index contributed by atoms with van der Waals surface area (Å²) in [5.41, 5.74) is -0.384. The molecule has 0 saturated heterocycles. The molecule has 0 aliphatic rings. The highest BCUT2D eigenvalue weighted by molar-refractivity contribution is 5.99. The van der Waals surface area contributed by atoms with Crippen LogP contribution < -0.4 is 10.6 Å². The van der Waals surface area contributed by atoms with Crippen molar-refractivity contribution in [2.45, 2.75) is 0 Å². The van der Waals surface area contributed by atoms with E-state index < -0.39 is 29.2 Å². The van der Waals surface area contributed by atoms with Crippen LogP contribution in [-0.2, 0) is 0 Å². The first kappa shape index (κ1) is 12.9. The van der Waals surface area contributed by atoms with Gasteiger partial charge in [0.25, 0.3) is 0 Å². The van der Waals surface area contributed by atoms with E-state index >= 15 is 0 Å². The van der Waals surface area contributed by atoms with Gasteiger partial charge >= 0.3 is 6.03 Å². The average molecular weight is 266 g/mol. The number of carbonyl (C=O) groups excluding carboxylic acids is 1. The SMILES string of the molecule is O=C(Nc1cccc(F)c1)Nc1c(F)cccc1F. The van der Waals surface area contributed by atoms with Crippen molar-refractivity contribution >= 4 is 17.4 Å². The van der Waals surface area contributed by atoms with Gasteiger partial charge in [-0.05, 0) is 30.3 Å². The van der Waals surface area contributed by atoms with E-state index in [-0.39, 0.29) is 5.69 Å². The Morgan fingerprint density at radius 2 is 1.53 bits per heavy atom. The highest BCUT2D eigenvalue weighted by atomic mass is 19.1. The number of carbonyl (C=O) groups is 1. The zero-order valence-electron chi connectivity index (χ0n) is 9.58. The van der Waals surface area contributed by atoms with Crippen LogP contribution >= 0.6 is 0 Å². The first-order valence-corrected chi connectivity index (χ1v) is 5.34. The highest BCUT2D eigenvalue weighted by Crippen LogP contribution is 2.18. The molecule has 0 aromatic heterocycles. The van der Waals surface area contributed by atoms with Crippen molar-refractivity contribution in [1.29, 1.82) is 0 Å². The maximum atomic E-state index is 13.3. The summed E-state index contributed by atoms with van der Waals surface area (Å²) in [4.78, 5) is 11.5. The molecule has 19 heavy (non-hydrogen) atoms. The molecule has 2 N–H and O–H groups in total. The molecule has 0 spiro atoms. The number of para-hydroxylation sites is 1. The molecule has 0 unspecified atom stereocenters. The molecule has 0 atom stereocenters. The van der Waals surface area contributed by atoms with E-state index in [9.17, 15) is 18.0 Å². The van der Waals surface area contributed by atoms with E-state index in [0.29, 0.717) is 0 Å². The Labute approximate surface area is 107 Å². The largest absolute Gasteiger partial charge is 0.323 e. The van der Waals surface area contributed by atoms with Crippen molar-refractivity contribution in [1.82, 2.24) is 0 Å². The molecule has 6 heteroatoms. The number of hydrogen-bond acceptors (Lipinski definition) is 1. The molecule has 3 nitrogen and oxygen atoms in total. The maximum Gasteiger partial charge on any atom is 0.323 e. The van der Waals surface area contributed by atoms with Crippen molar-refractivity contribution in [3.05, 3.63) is 59.9 Å². The van der Waals surface area contributed by atoms with Gasteiger partial charge in [-0.15, -0.1) is 0 Å². The Hall–Kier alpha value is -2.50. The third kappa shape index (κ3) is 3.25. The second kappa shape index (κ2) is 5.43. The standard InChI is InChI=1S/C13H9F3N2O/c14-8-3-1-4-9(7-8)17-13(19)18-12-10(15)5-2-6-11(12)16/h1-7H,(H2,17,18,19). The summed E-state index contributed by atoms with van der Waals surface area (Å²) in [5.74, 6) is -2.32. The Bertz CT molecular complexity index is 596. The number of hydrogen-bond donors (Lipinski definition) is 2. The summed E-state index contributed by atoms with van der Waals surface area (Å²) < 4.78 is 39.4. The van der Waals surface area contributed by atoms with Crippen molar-refractivity contribution in [3.63, 3.8) is 0 Å². The molecular formula is C13H9F3N2O. The fraction of sp³-hybridized carbons (Fsp3) is 0. The van der Waals surface area contributed by atoms with Crippen LogP contribution in [-0.4, -0.2) is 6.03 Å². The van der Waals surface area contributed by atoms with Gasteiger partial charge in [0, 0.05) is 5.69 Å². The molecule has 0 bridgehead atoms. The lowest BCUT2D eigenvalue weighted by molar-refractivity contribution is 0.262. The molecule has 0 heterocycles. The molecule has 0 aliphatic carbocycles. The molecule has 0 radical (unpaired) electrons. The number of benzene rings is 2. The Kier molecular flexibility index (Phi) is 3.70. The molecule has 98 valence electrons. The number of anilines is 2. The fourth-order valence-electron chi connectivity index (χ4n) is 1.46. The van der Waals surface area contributed by atoms with E-state index in [1.165, 1.54) is 24.3 Å². The minimum absolute atomic E-state index is 0.175. The van der Waals surface area contributed by atoms with Crippen LogP contribution in [0.4, 0.5) is 29.3 Å². The van der Waals surface area contributed by atoms with Gasteiger partial charge in [-0.1, -0.05) is 12.1 Å². The molecule has 2 amide bonds. The lowest BCUT2D eigenvalue weighted by atomic mass is 10.3. The second-order valence-electron chi connectivity index (χ2n) is 3.69. The third-order valence-electron chi connectivity index (χ3n) is 2.28. The number of rotatable bonds is 2. The average Bonchev–Trinajstić information content (AvgIpc) is 2.34. The zero-order valence-corrected chi connectivity index (χ0v) is 9.58. The van der Waals surface area contributed by atoms with Crippen LogP contribution in [0.5, 0.6) is 0 Å². The predicted octanol–water partition coefficient (Wildman–Crippen LogP) is 3.75. The van der Waals surface area contributed by atoms with Crippen molar-refractivity contribution in [2.75, 3.05) is 10.6 Å². The number of urea groups is 1. The summed E-state index contributed by atoms with van der Waals surface area (Å²) in [6, 6.07) is 7.48. The Morgan fingerprint density at radius 3 is 2.16 bits per heavy atom. The van der Waals surface area contributed by atoms with E-state index in [0.717, 1.165) is 18.2 Å². The van der Waals surface area contributed by atoms with Gasteiger partial charge in [-0.3, -0.25) is 0 Å². The van der Waals surface area contributed by atoms with Crippen LogP contribution in [0.15, 0.2) is 42.5 Å². The summed E-state index contributed by atoms with van der Waals surface area (Å²) in [6.45, 7) is 0. The Balaban J connectivity index is 2.10. The maximum absolute atomic E-state index is 13.3. The number of amides is 2. The predicted molar refractivity (Wildman–Crippen MR) is 65.4 cm³/mol. The minimum atomic E-state index is -0.894. The summed E-state index contributed by atoms with van der Waals surface area (Å²) in [6.07, 6.45) is 0. The normalized spacial score (nSPS) is 10.1. The smallest absolute Gasteiger partial charge is 0.308 e. The van der Waals surface area contributed by atoms with Crippen molar-refractivity contribution in [2.24, 2.45) is 0 Å². The second-order valence-corrected chi connectivity index (χ2v) is 3.69. The third-order valence-corrected chi connectivity index (χ3v) is 2.28. The van der Waals surface area contributed by atoms with Gasteiger partial charge in [0.2, 0.25) is 0 Å². The summed E-state index contributed by atoms with van der Waals surface area (Å²) >= 11 is 0. The Morgan fingerprint density at radius 1 is 0.895 bits per heavy atom. The summed E-state index contributed by atoms with van der Waals surface area (Å²) in [5, 5.41) is 4.29. The van der Waals surface area contributed by atoms with Crippen LogP contribution in [0.3, 0.4) is 0 Å². The van der Waals surface area contributed by atoms with E-state index in [1.54, 1.807) is 0 Å². The molecule has 2 aromatic rings. The molecule has 2 rings (SSSR count). The van der Waals surface area contributed by atoms with Crippen LogP contribution in [0.25, 0.3) is 0 Å².